The lowest BCUT2D eigenvalue weighted by Crippen LogP contribution is -2.27. The third-order valence-electron chi connectivity index (χ3n) is 3.76. The highest BCUT2D eigenvalue weighted by Gasteiger charge is 2.25. The van der Waals surface area contributed by atoms with Gasteiger partial charge in [-0.05, 0) is 24.1 Å². The number of hydrogen-bond acceptors (Lipinski definition) is 4. The van der Waals surface area contributed by atoms with Gasteiger partial charge in [-0.15, -0.1) is 0 Å². The fourth-order valence-electron chi connectivity index (χ4n) is 2.81. The summed E-state index contributed by atoms with van der Waals surface area (Å²) in [5.74, 6) is 0.874. The van der Waals surface area contributed by atoms with Crippen molar-refractivity contribution in [2.24, 2.45) is 0 Å². The molecule has 3 rings (SSSR count). The van der Waals surface area contributed by atoms with E-state index in [9.17, 15) is 0 Å². The zero-order valence-corrected chi connectivity index (χ0v) is 11.7. The Labute approximate surface area is 118 Å². The summed E-state index contributed by atoms with van der Waals surface area (Å²) in [5, 5.41) is 10.4. The lowest BCUT2D eigenvalue weighted by molar-refractivity contribution is 0.0288. The van der Waals surface area contributed by atoms with Crippen molar-refractivity contribution in [3.8, 4) is 0 Å². The van der Waals surface area contributed by atoms with Crippen molar-refractivity contribution >= 4 is 0 Å². The van der Waals surface area contributed by atoms with E-state index in [-0.39, 0.29) is 12.1 Å². The lowest BCUT2D eigenvalue weighted by atomic mass is 9.93. The molecule has 0 fully saturated rings. The fourth-order valence-corrected chi connectivity index (χ4v) is 2.81. The van der Waals surface area contributed by atoms with Crippen molar-refractivity contribution < 1.29 is 4.74 Å². The summed E-state index contributed by atoms with van der Waals surface area (Å²) in [6, 6.07) is 8.68. The molecule has 0 amide bonds. The number of nitrogens with one attached hydrogen (secondary N) is 2. The Hall–Kier alpha value is -1.72. The van der Waals surface area contributed by atoms with Crippen molar-refractivity contribution in [3.63, 3.8) is 0 Å². The number of hydrogen-bond donors (Lipinski definition) is 2. The topological polar surface area (TPSA) is 62.8 Å². The molecular weight excluding hydrogens is 252 g/mol. The van der Waals surface area contributed by atoms with Gasteiger partial charge in [-0.3, -0.25) is 5.10 Å². The number of nitrogens with zero attached hydrogens (tertiary/aromatic N) is 2. The monoisotopic (exact) mass is 272 g/mol. The Morgan fingerprint density at radius 2 is 2.35 bits per heavy atom. The van der Waals surface area contributed by atoms with Crippen molar-refractivity contribution in [2.75, 3.05) is 13.2 Å². The summed E-state index contributed by atoms with van der Waals surface area (Å²) in [7, 11) is 0. The van der Waals surface area contributed by atoms with Gasteiger partial charge in [0, 0.05) is 6.42 Å². The average Bonchev–Trinajstić information content (AvgIpc) is 3.01. The summed E-state index contributed by atoms with van der Waals surface area (Å²) in [4.78, 5) is 4.27. The van der Waals surface area contributed by atoms with Gasteiger partial charge in [0.15, 0.2) is 0 Å². The molecule has 1 aromatic carbocycles. The predicted octanol–water partition coefficient (Wildman–Crippen LogP) is 2.16. The number of H-pyrrole nitrogens is 1. The first kappa shape index (κ1) is 13.3. The second-order valence-corrected chi connectivity index (χ2v) is 5.02. The van der Waals surface area contributed by atoms with Gasteiger partial charge in [-0.25, -0.2) is 4.98 Å². The summed E-state index contributed by atoms with van der Waals surface area (Å²) in [6.07, 6.45) is 3.53. The minimum atomic E-state index is 0.120. The molecule has 2 unspecified atom stereocenters. The number of rotatable bonds is 5. The second kappa shape index (κ2) is 6.15. The van der Waals surface area contributed by atoms with Crippen LogP contribution in [0.25, 0.3) is 0 Å². The highest BCUT2D eigenvalue weighted by molar-refractivity contribution is 5.31. The molecule has 1 aliphatic rings. The van der Waals surface area contributed by atoms with Gasteiger partial charge in [-0.2, -0.15) is 5.10 Å². The van der Waals surface area contributed by atoms with Gasteiger partial charge < -0.3 is 10.1 Å². The highest BCUT2D eigenvalue weighted by Crippen LogP contribution is 2.33. The molecule has 2 atom stereocenters. The first-order chi connectivity index (χ1) is 9.88. The maximum absolute atomic E-state index is 5.98. The van der Waals surface area contributed by atoms with Crippen LogP contribution in [0.4, 0.5) is 0 Å². The Morgan fingerprint density at radius 1 is 1.45 bits per heavy atom. The molecule has 20 heavy (non-hydrogen) atoms. The van der Waals surface area contributed by atoms with Crippen molar-refractivity contribution in [3.05, 3.63) is 47.5 Å². The molecule has 2 aromatic rings. The summed E-state index contributed by atoms with van der Waals surface area (Å²) in [5.41, 5.74) is 2.71. The Kier molecular flexibility index (Phi) is 4.08. The van der Waals surface area contributed by atoms with Crippen LogP contribution in [-0.2, 0) is 11.2 Å². The molecule has 1 aromatic heterocycles. The number of fused-ring (bicyclic) bond motifs is 1. The van der Waals surface area contributed by atoms with E-state index in [1.807, 2.05) is 0 Å². The molecule has 5 heteroatoms. The quantitative estimate of drug-likeness (QED) is 0.875. The first-order valence-electron chi connectivity index (χ1n) is 7.16. The van der Waals surface area contributed by atoms with Crippen LogP contribution in [0.3, 0.4) is 0 Å². The van der Waals surface area contributed by atoms with Gasteiger partial charge in [0.1, 0.15) is 12.2 Å². The van der Waals surface area contributed by atoms with Crippen LogP contribution in [0.5, 0.6) is 0 Å². The Bertz CT molecular complexity index is 541. The second-order valence-electron chi connectivity index (χ2n) is 5.02. The van der Waals surface area contributed by atoms with E-state index >= 15 is 0 Å². The summed E-state index contributed by atoms with van der Waals surface area (Å²) < 4.78 is 5.98. The van der Waals surface area contributed by atoms with E-state index in [1.54, 1.807) is 6.33 Å². The zero-order valence-electron chi connectivity index (χ0n) is 11.7. The first-order valence-corrected chi connectivity index (χ1v) is 7.16. The Balaban J connectivity index is 1.79. The maximum Gasteiger partial charge on any atom is 0.141 e. The molecule has 2 N–H and O–H groups in total. The van der Waals surface area contributed by atoms with Gasteiger partial charge in [0.05, 0.1) is 18.8 Å². The van der Waals surface area contributed by atoms with E-state index in [2.05, 4.69) is 51.7 Å². The van der Waals surface area contributed by atoms with Crippen LogP contribution in [0.2, 0.25) is 0 Å². The number of aromatic nitrogens is 3. The number of ether oxygens (including phenoxy) is 1. The molecule has 0 bridgehead atoms. The maximum atomic E-state index is 5.98. The van der Waals surface area contributed by atoms with Crippen molar-refractivity contribution in [1.82, 2.24) is 20.5 Å². The highest BCUT2D eigenvalue weighted by atomic mass is 16.5. The molecule has 106 valence electrons. The van der Waals surface area contributed by atoms with Crippen LogP contribution in [0.15, 0.2) is 30.6 Å². The fraction of sp³-hybridized carbons (Fsp3) is 0.467. The van der Waals surface area contributed by atoms with Gasteiger partial charge in [0.2, 0.25) is 0 Å². The minimum absolute atomic E-state index is 0.120. The summed E-state index contributed by atoms with van der Waals surface area (Å²) in [6.45, 7) is 3.77. The zero-order chi connectivity index (χ0) is 13.8. The van der Waals surface area contributed by atoms with Crippen LogP contribution < -0.4 is 5.32 Å². The number of benzene rings is 1. The van der Waals surface area contributed by atoms with E-state index < -0.39 is 0 Å². The van der Waals surface area contributed by atoms with Gasteiger partial charge in [-0.1, -0.05) is 31.2 Å². The standard InChI is InChI=1S/C15H20N4O/c1-2-16-13(15-17-10-18-19-15)9-14-12-6-4-3-5-11(12)7-8-20-14/h3-6,10,13-14,16H,2,7-9H2,1H3,(H,17,18,19). The van der Waals surface area contributed by atoms with Crippen LogP contribution in [0.1, 0.15) is 42.4 Å². The van der Waals surface area contributed by atoms with Crippen LogP contribution in [-0.4, -0.2) is 28.3 Å². The third kappa shape index (κ3) is 2.73. The van der Waals surface area contributed by atoms with Crippen molar-refractivity contribution in [2.45, 2.75) is 31.9 Å². The van der Waals surface area contributed by atoms with Crippen molar-refractivity contribution in [1.29, 1.82) is 0 Å². The molecule has 0 aliphatic carbocycles. The molecule has 2 heterocycles. The van der Waals surface area contributed by atoms with Gasteiger partial charge in [0.25, 0.3) is 0 Å². The number of aromatic amines is 1. The van der Waals surface area contributed by atoms with Gasteiger partial charge >= 0.3 is 0 Å². The largest absolute Gasteiger partial charge is 0.373 e. The average molecular weight is 272 g/mol. The van der Waals surface area contributed by atoms with E-state index in [1.165, 1.54) is 11.1 Å². The smallest absolute Gasteiger partial charge is 0.141 e. The summed E-state index contributed by atoms with van der Waals surface area (Å²) >= 11 is 0. The molecule has 5 nitrogen and oxygen atoms in total. The third-order valence-corrected chi connectivity index (χ3v) is 3.76. The van der Waals surface area contributed by atoms with E-state index in [0.717, 1.165) is 31.8 Å². The Morgan fingerprint density at radius 3 is 3.15 bits per heavy atom. The minimum Gasteiger partial charge on any atom is -0.373 e. The van der Waals surface area contributed by atoms with E-state index in [0.29, 0.717) is 0 Å². The SMILES string of the molecule is CCNC(CC1OCCc2ccccc21)c1ncn[nH]1. The predicted molar refractivity (Wildman–Crippen MR) is 76.3 cm³/mol. The molecule has 1 aliphatic heterocycles. The molecule has 0 spiro atoms. The normalized spacial score (nSPS) is 19.6. The van der Waals surface area contributed by atoms with E-state index in [4.69, 9.17) is 4.74 Å². The molecule has 0 radical (unpaired) electrons. The molecular formula is C15H20N4O. The lowest BCUT2D eigenvalue weighted by Gasteiger charge is -2.29. The van der Waals surface area contributed by atoms with Crippen LogP contribution in [0, 0.1) is 0 Å². The van der Waals surface area contributed by atoms with Crippen LogP contribution >= 0.6 is 0 Å². The molecule has 0 saturated heterocycles. The molecule has 0 saturated carbocycles.